The van der Waals surface area contributed by atoms with Crippen molar-refractivity contribution in [2.75, 3.05) is 13.7 Å². The number of benzene rings is 1. The molecule has 8 nitrogen and oxygen atoms in total. The maximum Gasteiger partial charge on any atom is 0.315 e. The van der Waals surface area contributed by atoms with Crippen molar-refractivity contribution in [3.05, 3.63) is 27.8 Å². The van der Waals surface area contributed by atoms with E-state index < -0.39 is 16.5 Å². The average Bonchev–Trinajstić information content (AvgIpc) is 2.51. The van der Waals surface area contributed by atoms with Crippen molar-refractivity contribution in [2.24, 2.45) is 0 Å². The van der Waals surface area contributed by atoms with Gasteiger partial charge in [0, 0.05) is 17.7 Å². The monoisotopic (exact) mass is 310 g/mol. The number of nitrogens with zero attached hydrogens (tertiary/aromatic N) is 1. The molecule has 0 aliphatic rings. The van der Waals surface area contributed by atoms with Crippen LogP contribution in [0.5, 0.6) is 11.5 Å². The van der Waals surface area contributed by atoms with Crippen LogP contribution >= 0.6 is 0 Å². The van der Waals surface area contributed by atoms with E-state index in [2.05, 4.69) is 5.32 Å². The van der Waals surface area contributed by atoms with Gasteiger partial charge in [0.15, 0.2) is 12.4 Å². The fourth-order valence-corrected chi connectivity index (χ4v) is 1.66. The maximum atomic E-state index is 11.7. The number of methoxy groups -OCH3 is 1. The van der Waals surface area contributed by atoms with Gasteiger partial charge in [0.2, 0.25) is 5.75 Å². The number of ether oxygens (including phenoxy) is 2. The third-order valence-electron chi connectivity index (χ3n) is 2.98. The minimum Gasteiger partial charge on any atom is -0.493 e. The van der Waals surface area contributed by atoms with Crippen LogP contribution in [0.4, 0.5) is 5.69 Å². The highest BCUT2D eigenvalue weighted by Crippen LogP contribution is 2.37. The summed E-state index contributed by atoms with van der Waals surface area (Å²) in [5.41, 5.74) is -0.349. The number of nitro groups is 1. The van der Waals surface area contributed by atoms with Gasteiger partial charge in [-0.3, -0.25) is 19.7 Å². The number of nitro benzene ring substituents is 1. The predicted octanol–water partition coefficient (Wildman–Crippen LogP) is 1.71. The van der Waals surface area contributed by atoms with Gasteiger partial charge in [0.05, 0.1) is 12.0 Å². The van der Waals surface area contributed by atoms with Crippen molar-refractivity contribution in [1.82, 2.24) is 5.32 Å². The highest BCUT2D eigenvalue weighted by Gasteiger charge is 2.23. The fraction of sp³-hybridized carbons (Fsp3) is 0.429. The molecule has 1 aromatic rings. The van der Waals surface area contributed by atoms with Gasteiger partial charge < -0.3 is 14.8 Å². The summed E-state index contributed by atoms with van der Waals surface area (Å²) in [7, 11) is 1.29. The van der Waals surface area contributed by atoms with Crippen LogP contribution < -0.4 is 14.8 Å². The van der Waals surface area contributed by atoms with E-state index in [9.17, 15) is 19.7 Å². The van der Waals surface area contributed by atoms with Gasteiger partial charge in [-0.15, -0.1) is 0 Å². The van der Waals surface area contributed by atoms with Crippen LogP contribution in [0.2, 0.25) is 0 Å². The molecule has 1 atom stereocenters. The minimum absolute atomic E-state index is 0.0210. The molecule has 0 aromatic heterocycles. The normalized spacial score (nSPS) is 11.4. The summed E-state index contributed by atoms with van der Waals surface area (Å²) in [6, 6.07) is 2.35. The van der Waals surface area contributed by atoms with Crippen molar-refractivity contribution in [1.29, 1.82) is 0 Å². The van der Waals surface area contributed by atoms with Gasteiger partial charge >= 0.3 is 5.69 Å². The molecule has 22 heavy (non-hydrogen) atoms. The minimum atomic E-state index is -0.697. The first-order valence-corrected chi connectivity index (χ1v) is 6.66. The molecule has 0 aliphatic heterocycles. The predicted molar refractivity (Wildman–Crippen MR) is 78.4 cm³/mol. The molecule has 1 aromatic carbocycles. The molecule has 0 radical (unpaired) electrons. The summed E-state index contributed by atoms with van der Waals surface area (Å²) in [5.74, 6) is -0.560. The Morgan fingerprint density at radius 1 is 1.50 bits per heavy atom. The molecule has 1 amide bonds. The number of rotatable bonds is 8. The molecular formula is C14H18N2O6. The van der Waals surface area contributed by atoms with Crippen molar-refractivity contribution in [3.63, 3.8) is 0 Å². The summed E-state index contributed by atoms with van der Waals surface area (Å²) < 4.78 is 10.2. The van der Waals surface area contributed by atoms with Crippen LogP contribution in [0, 0.1) is 10.1 Å². The Morgan fingerprint density at radius 3 is 2.68 bits per heavy atom. The first-order valence-electron chi connectivity index (χ1n) is 6.66. The van der Waals surface area contributed by atoms with E-state index in [-0.39, 0.29) is 29.7 Å². The standard InChI is InChI=1S/C14H18N2O6/c1-4-9(2)15-13(18)8-22-14-11(16(19)20)5-10(7-17)6-12(14)21-3/h5-7,9H,4,8H2,1-3H3,(H,15,18). The molecule has 1 rings (SSSR count). The number of carbonyl (C=O) groups is 2. The van der Waals surface area contributed by atoms with E-state index in [1.807, 2.05) is 13.8 Å². The van der Waals surface area contributed by atoms with E-state index >= 15 is 0 Å². The molecule has 0 fully saturated rings. The fourth-order valence-electron chi connectivity index (χ4n) is 1.66. The smallest absolute Gasteiger partial charge is 0.315 e. The third kappa shape index (κ3) is 4.44. The lowest BCUT2D eigenvalue weighted by atomic mass is 10.2. The summed E-state index contributed by atoms with van der Waals surface area (Å²) in [6.45, 7) is 3.36. The Kier molecular flexibility index (Phi) is 6.30. The van der Waals surface area contributed by atoms with Crippen molar-refractivity contribution in [3.8, 4) is 11.5 Å². The van der Waals surface area contributed by atoms with Gasteiger partial charge in [-0.05, 0) is 19.4 Å². The number of aldehydes is 1. The summed E-state index contributed by atoms with van der Waals surface area (Å²) in [5, 5.41) is 13.8. The zero-order valence-corrected chi connectivity index (χ0v) is 12.6. The van der Waals surface area contributed by atoms with Crippen LogP contribution in [0.1, 0.15) is 30.6 Å². The molecular weight excluding hydrogens is 292 g/mol. The second kappa shape index (κ2) is 7.96. The summed E-state index contributed by atoms with van der Waals surface area (Å²) in [4.78, 5) is 32.9. The van der Waals surface area contributed by atoms with Gasteiger partial charge in [-0.25, -0.2) is 0 Å². The molecule has 120 valence electrons. The van der Waals surface area contributed by atoms with E-state index in [0.717, 1.165) is 12.5 Å². The van der Waals surface area contributed by atoms with Crippen molar-refractivity contribution < 1.29 is 24.0 Å². The second-order valence-electron chi connectivity index (χ2n) is 4.61. The molecule has 0 aliphatic carbocycles. The lowest BCUT2D eigenvalue weighted by Crippen LogP contribution is -2.35. The van der Waals surface area contributed by atoms with Gasteiger partial charge in [0.25, 0.3) is 5.91 Å². The maximum absolute atomic E-state index is 11.7. The van der Waals surface area contributed by atoms with E-state index in [1.165, 1.54) is 13.2 Å². The van der Waals surface area contributed by atoms with Crippen LogP contribution in [-0.4, -0.2) is 36.9 Å². The molecule has 0 saturated carbocycles. The van der Waals surface area contributed by atoms with Gasteiger partial charge in [-0.1, -0.05) is 6.92 Å². The Balaban J connectivity index is 2.99. The average molecular weight is 310 g/mol. The molecule has 0 saturated heterocycles. The number of carbonyl (C=O) groups excluding carboxylic acids is 2. The Morgan fingerprint density at radius 2 is 2.18 bits per heavy atom. The quantitative estimate of drug-likeness (QED) is 0.445. The number of amides is 1. The van der Waals surface area contributed by atoms with Crippen LogP contribution in [0.25, 0.3) is 0 Å². The number of nitrogens with one attached hydrogen (secondary N) is 1. The second-order valence-corrected chi connectivity index (χ2v) is 4.61. The van der Waals surface area contributed by atoms with Gasteiger partial charge in [-0.2, -0.15) is 0 Å². The Bertz CT molecular complexity index is 573. The van der Waals surface area contributed by atoms with Crippen LogP contribution in [-0.2, 0) is 4.79 Å². The number of hydrogen-bond acceptors (Lipinski definition) is 6. The van der Waals surface area contributed by atoms with E-state index in [4.69, 9.17) is 9.47 Å². The first kappa shape index (κ1) is 17.4. The van der Waals surface area contributed by atoms with Crippen molar-refractivity contribution >= 4 is 17.9 Å². The van der Waals surface area contributed by atoms with E-state index in [0.29, 0.717) is 6.29 Å². The highest BCUT2D eigenvalue weighted by molar-refractivity contribution is 5.80. The van der Waals surface area contributed by atoms with E-state index in [1.54, 1.807) is 0 Å². The Hall–Kier alpha value is -2.64. The topological polar surface area (TPSA) is 108 Å². The lowest BCUT2D eigenvalue weighted by molar-refractivity contribution is -0.385. The third-order valence-corrected chi connectivity index (χ3v) is 2.98. The molecule has 8 heteroatoms. The molecule has 1 N–H and O–H groups in total. The largest absolute Gasteiger partial charge is 0.493 e. The summed E-state index contributed by atoms with van der Waals surface area (Å²) in [6.07, 6.45) is 1.22. The SMILES string of the molecule is CCC(C)NC(=O)COc1c(OC)cc(C=O)cc1[N+](=O)[O-]. The highest BCUT2D eigenvalue weighted by atomic mass is 16.6. The molecule has 0 spiro atoms. The van der Waals surface area contributed by atoms with Crippen LogP contribution in [0.15, 0.2) is 12.1 Å². The molecule has 0 bridgehead atoms. The molecule has 0 heterocycles. The zero-order chi connectivity index (χ0) is 16.7. The number of hydrogen-bond donors (Lipinski definition) is 1. The Labute approximate surface area is 127 Å². The van der Waals surface area contributed by atoms with Crippen LogP contribution in [0.3, 0.4) is 0 Å². The van der Waals surface area contributed by atoms with Gasteiger partial charge in [0.1, 0.15) is 6.29 Å². The molecule has 1 unspecified atom stereocenters. The first-order chi connectivity index (χ1) is 10.4. The van der Waals surface area contributed by atoms with Crippen molar-refractivity contribution in [2.45, 2.75) is 26.3 Å². The summed E-state index contributed by atoms with van der Waals surface area (Å²) >= 11 is 0. The lowest BCUT2D eigenvalue weighted by Gasteiger charge is -2.14. The zero-order valence-electron chi connectivity index (χ0n) is 12.6.